The highest BCUT2D eigenvalue weighted by atomic mass is 19.4. The largest absolute Gasteiger partial charge is 0.573 e. The van der Waals surface area contributed by atoms with E-state index in [1.807, 2.05) is 0 Å². The lowest BCUT2D eigenvalue weighted by molar-refractivity contribution is -0.274. The summed E-state index contributed by atoms with van der Waals surface area (Å²) in [6, 6.07) is 4.54. The number of hydrogen-bond acceptors (Lipinski definition) is 5. The van der Waals surface area contributed by atoms with E-state index in [0.717, 1.165) is 31.4 Å². The lowest BCUT2D eigenvalue weighted by Gasteiger charge is -2.20. The number of esters is 1. The van der Waals surface area contributed by atoms with Crippen LogP contribution in [0.3, 0.4) is 0 Å². The average molecular weight is 402 g/mol. The zero-order valence-electron chi connectivity index (χ0n) is 15.3. The van der Waals surface area contributed by atoms with Gasteiger partial charge < -0.3 is 19.7 Å². The van der Waals surface area contributed by atoms with Gasteiger partial charge in [-0.25, -0.2) is 0 Å². The average Bonchev–Trinajstić information content (AvgIpc) is 2.80. The fourth-order valence-corrected chi connectivity index (χ4v) is 2.63. The van der Waals surface area contributed by atoms with Crippen LogP contribution in [-0.4, -0.2) is 48.2 Å². The van der Waals surface area contributed by atoms with Gasteiger partial charge >= 0.3 is 12.3 Å². The maximum Gasteiger partial charge on any atom is 0.573 e. The van der Waals surface area contributed by atoms with E-state index in [1.165, 1.54) is 24.0 Å². The molecule has 1 atom stereocenters. The summed E-state index contributed by atoms with van der Waals surface area (Å²) in [5.41, 5.74) is 0.213. The van der Waals surface area contributed by atoms with Crippen LogP contribution in [0.2, 0.25) is 0 Å². The van der Waals surface area contributed by atoms with Crippen molar-refractivity contribution in [2.75, 3.05) is 18.4 Å². The van der Waals surface area contributed by atoms with E-state index in [9.17, 15) is 27.6 Å². The Kier molecular flexibility index (Phi) is 7.24. The third-order valence-corrected chi connectivity index (χ3v) is 4.02. The molecule has 0 saturated carbocycles. The highest BCUT2D eigenvalue weighted by molar-refractivity contribution is 5.95. The second-order valence-electron chi connectivity index (χ2n) is 6.32. The molecule has 1 aliphatic rings. The standard InChI is InChI=1S/C18H21F3N2O5/c1-12(27-16(25)11-23-10-4-2-3-5-15(23)24)17(26)22-13-6-8-14(9-7-13)28-18(19,20)21/h6-9,12H,2-5,10-11H2,1H3,(H,22,26)/t12-/m1/s1. The molecule has 1 aromatic rings. The molecule has 0 unspecified atom stereocenters. The van der Waals surface area contributed by atoms with Gasteiger partial charge in [-0.1, -0.05) is 6.42 Å². The van der Waals surface area contributed by atoms with Gasteiger partial charge in [0.2, 0.25) is 5.91 Å². The number of ether oxygens (including phenoxy) is 2. The molecule has 0 aliphatic carbocycles. The number of anilines is 1. The van der Waals surface area contributed by atoms with Crippen LogP contribution in [0.25, 0.3) is 0 Å². The maximum atomic E-state index is 12.1. The summed E-state index contributed by atoms with van der Waals surface area (Å²) in [4.78, 5) is 37.4. The molecule has 1 fully saturated rings. The summed E-state index contributed by atoms with van der Waals surface area (Å²) in [6.45, 7) is 1.61. The van der Waals surface area contributed by atoms with E-state index in [2.05, 4.69) is 10.1 Å². The molecular weight excluding hydrogens is 381 g/mol. The first-order valence-electron chi connectivity index (χ1n) is 8.78. The number of hydrogen-bond donors (Lipinski definition) is 1. The van der Waals surface area contributed by atoms with Crippen molar-refractivity contribution in [2.24, 2.45) is 0 Å². The summed E-state index contributed by atoms with van der Waals surface area (Å²) >= 11 is 0. The minimum Gasteiger partial charge on any atom is -0.451 e. The van der Waals surface area contributed by atoms with E-state index in [-0.39, 0.29) is 18.1 Å². The van der Waals surface area contributed by atoms with Crippen molar-refractivity contribution < 1.29 is 37.0 Å². The number of halogens is 3. The van der Waals surface area contributed by atoms with Crippen LogP contribution < -0.4 is 10.1 Å². The van der Waals surface area contributed by atoms with Gasteiger partial charge in [0.05, 0.1) is 0 Å². The van der Waals surface area contributed by atoms with Gasteiger partial charge in [0.15, 0.2) is 6.10 Å². The summed E-state index contributed by atoms with van der Waals surface area (Å²) in [6.07, 6.45) is -3.04. The number of carbonyl (C=O) groups excluding carboxylic acids is 3. The molecule has 2 amide bonds. The fourth-order valence-electron chi connectivity index (χ4n) is 2.63. The molecule has 10 heteroatoms. The van der Waals surface area contributed by atoms with Crippen molar-refractivity contribution in [3.05, 3.63) is 24.3 Å². The maximum absolute atomic E-state index is 12.1. The van der Waals surface area contributed by atoms with Crippen molar-refractivity contribution in [1.82, 2.24) is 4.90 Å². The number of carbonyl (C=O) groups is 3. The van der Waals surface area contributed by atoms with Gasteiger partial charge in [0.1, 0.15) is 12.3 Å². The molecule has 0 aromatic heterocycles. The van der Waals surface area contributed by atoms with E-state index >= 15 is 0 Å². The monoisotopic (exact) mass is 402 g/mol. The number of rotatable bonds is 6. The Balaban J connectivity index is 1.83. The Morgan fingerprint density at radius 3 is 2.50 bits per heavy atom. The van der Waals surface area contributed by atoms with Gasteiger partial charge in [-0.15, -0.1) is 13.2 Å². The molecule has 1 N–H and O–H groups in total. The van der Waals surface area contributed by atoms with Gasteiger partial charge in [-0.3, -0.25) is 14.4 Å². The van der Waals surface area contributed by atoms with Crippen molar-refractivity contribution in [3.63, 3.8) is 0 Å². The number of nitrogens with one attached hydrogen (secondary N) is 1. The number of nitrogens with zero attached hydrogens (tertiary/aromatic N) is 1. The van der Waals surface area contributed by atoms with Gasteiger partial charge in [0.25, 0.3) is 5.91 Å². The first-order valence-corrected chi connectivity index (χ1v) is 8.78. The fraction of sp³-hybridized carbons (Fsp3) is 0.500. The minimum absolute atomic E-state index is 0.118. The summed E-state index contributed by atoms with van der Waals surface area (Å²) in [5, 5.41) is 2.43. The first kappa shape index (κ1) is 21.5. The molecule has 0 spiro atoms. The van der Waals surface area contributed by atoms with Crippen LogP contribution >= 0.6 is 0 Å². The molecule has 2 rings (SSSR count). The van der Waals surface area contributed by atoms with Crippen LogP contribution in [0.5, 0.6) is 5.75 Å². The van der Waals surface area contributed by atoms with Crippen molar-refractivity contribution >= 4 is 23.5 Å². The highest BCUT2D eigenvalue weighted by Gasteiger charge is 2.31. The Morgan fingerprint density at radius 2 is 1.86 bits per heavy atom. The zero-order valence-corrected chi connectivity index (χ0v) is 15.3. The van der Waals surface area contributed by atoms with Gasteiger partial charge in [-0.2, -0.15) is 0 Å². The molecule has 1 aliphatic heterocycles. The van der Waals surface area contributed by atoms with Crippen molar-refractivity contribution in [2.45, 2.75) is 45.1 Å². The Hall–Kier alpha value is -2.78. The third-order valence-electron chi connectivity index (χ3n) is 4.02. The van der Waals surface area contributed by atoms with E-state index in [4.69, 9.17) is 4.74 Å². The number of likely N-dealkylation sites (tertiary alicyclic amines) is 1. The van der Waals surface area contributed by atoms with Gasteiger partial charge in [-0.05, 0) is 44.0 Å². The predicted octanol–water partition coefficient (Wildman–Crippen LogP) is 2.86. The lowest BCUT2D eigenvalue weighted by atomic mass is 10.2. The molecule has 1 saturated heterocycles. The molecule has 1 heterocycles. The van der Waals surface area contributed by atoms with E-state index in [0.29, 0.717) is 13.0 Å². The molecular formula is C18H21F3N2O5. The van der Waals surface area contributed by atoms with Crippen LogP contribution in [0.4, 0.5) is 18.9 Å². The quantitative estimate of drug-likeness (QED) is 0.740. The van der Waals surface area contributed by atoms with Crippen LogP contribution in [0.15, 0.2) is 24.3 Å². The number of alkyl halides is 3. The molecule has 0 radical (unpaired) electrons. The Morgan fingerprint density at radius 1 is 1.18 bits per heavy atom. The summed E-state index contributed by atoms with van der Waals surface area (Å²) in [7, 11) is 0. The third kappa shape index (κ3) is 7.09. The van der Waals surface area contributed by atoms with E-state index in [1.54, 1.807) is 0 Å². The molecule has 0 bridgehead atoms. The second kappa shape index (κ2) is 9.43. The van der Waals surface area contributed by atoms with E-state index < -0.39 is 30.1 Å². The SMILES string of the molecule is C[C@@H](OC(=O)CN1CCCCCC1=O)C(=O)Nc1ccc(OC(F)(F)F)cc1. The normalized spacial score (nSPS) is 16.1. The predicted molar refractivity (Wildman–Crippen MR) is 92.4 cm³/mol. The van der Waals surface area contributed by atoms with Crippen molar-refractivity contribution in [3.8, 4) is 5.75 Å². The summed E-state index contributed by atoms with van der Waals surface area (Å²) in [5.74, 6) is -1.90. The highest BCUT2D eigenvalue weighted by Crippen LogP contribution is 2.24. The molecule has 1 aromatic carbocycles. The first-order chi connectivity index (χ1) is 13.1. The van der Waals surface area contributed by atoms with Crippen molar-refractivity contribution in [1.29, 1.82) is 0 Å². The van der Waals surface area contributed by atoms with Crippen LogP contribution in [0, 0.1) is 0 Å². The Labute approximate surface area is 159 Å². The Bertz CT molecular complexity index is 706. The molecule has 154 valence electrons. The zero-order chi connectivity index (χ0) is 20.7. The summed E-state index contributed by atoms with van der Waals surface area (Å²) < 4.78 is 45.2. The lowest BCUT2D eigenvalue weighted by Crippen LogP contribution is -2.38. The molecule has 7 nitrogen and oxygen atoms in total. The van der Waals surface area contributed by atoms with Crippen LogP contribution in [0.1, 0.15) is 32.6 Å². The van der Waals surface area contributed by atoms with Gasteiger partial charge in [0, 0.05) is 18.7 Å². The van der Waals surface area contributed by atoms with Crippen LogP contribution in [-0.2, 0) is 19.1 Å². The topological polar surface area (TPSA) is 84.9 Å². The molecule has 28 heavy (non-hydrogen) atoms. The smallest absolute Gasteiger partial charge is 0.451 e. The second-order valence-corrected chi connectivity index (χ2v) is 6.32. The minimum atomic E-state index is -4.80. The number of amides is 2. The number of benzene rings is 1.